The molecule has 2 rings (SSSR count). The van der Waals surface area contributed by atoms with Crippen molar-refractivity contribution in [3.05, 3.63) is 45.5 Å². The minimum atomic E-state index is 0.440. The van der Waals surface area contributed by atoms with Crippen LogP contribution in [-0.4, -0.2) is 4.98 Å². The number of ether oxygens (including phenoxy) is 1. The van der Waals surface area contributed by atoms with Crippen molar-refractivity contribution in [3.63, 3.8) is 0 Å². The molecular weight excluding hydrogens is 316 g/mol. The second-order valence-corrected chi connectivity index (χ2v) is 5.06. The minimum Gasteiger partial charge on any atom is -0.436 e. The second-order valence-electron chi connectivity index (χ2n) is 3.77. The molecule has 94 valence electrons. The van der Waals surface area contributed by atoms with E-state index in [0.717, 1.165) is 6.42 Å². The average Bonchev–Trinajstić information content (AvgIpc) is 2.34. The maximum absolute atomic E-state index is 5.93. The van der Waals surface area contributed by atoms with Gasteiger partial charge in [0.1, 0.15) is 0 Å². The van der Waals surface area contributed by atoms with Crippen LogP contribution in [0.5, 0.6) is 11.6 Å². The Morgan fingerprint density at radius 2 is 2.17 bits per heavy atom. The Balaban J connectivity index is 2.28. The van der Waals surface area contributed by atoms with E-state index in [1.165, 1.54) is 11.8 Å². The Morgan fingerprint density at radius 3 is 2.78 bits per heavy atom. The van der Waals surface area contributed by atoms with Gasteiger partial charge in [-0.1, -0.05) is 24.6 Å². The van der Waals surface area contributed by atoms with E-state index in [1.54, 1.807) is 6.07 Å². The number of hydrogen-bond acceptors (Lipinski definition) is 3. The standard InChI is InChI=1S/C13H12BrClN2O/c1-2-8-3-4-12(11(16)5-8)18-13-10(14)6-9(15)7-17-13/h3-7H,2,16H2,1H3. The fourth-order valence-corrected chi connectivity index (χ4v) is 2.21. The zero-order valence-corrected chi connectivity index (χ0v) is 12.1. The minimum absolute atomic E-state index is 0.440. The van der Waals surface area contributed by atoms with Gasteiger partial charge < -0.3 is 10.5 Å². The average molecular weight is 328 g/mol. The number of aromatic nitrogens is 1. The first kappa shape index (κ1) is 13.2. The number of aryl methyl sites for hydroxylation is 1. The monoisotopic (exact) mass is 326 g/mol. The van der Waals surface area contributed by atoms with Gasteiger partial charge in [-0.3, -0.25) is 0 Å². The predicted octanol–water partition coefficient (Wildman–Crippen LogP) is 4.43. The molecule has 1 aromatic heterocycles. The fraction of sp³-hybridized carbons (Fsp3) is 0.154. The van der Waals surface area contributed by atoms with Crippen LogP contribution in [0.15, 0.2) is 34.9 Å². The van der Waals surface area contributed by atoms with E-state index in [1.807, 2.05) is 18.2 Å². The van der Waals surface area contributed by atoms with Crippen molar-refractivity contribution in [1.82, 2.24) is 4.98 Å². The molecule has 0 aliphatic rings. The molecule has 18 heavy (non-hydrogen) atoms. The summed E-state index contributed by atoms with van der Waals surface area (Å²) in [7, 11) is 0. The van der Waals surface area contributed by atoms with E-state index in [2.05, 4.69) is 27.8 Å². The topological polar surface area (TPSA) is 48.1 Å². The molecule has 0 saturated carbocycles. The molecule has 1 heterocycles. The van der Waals surface area contributed by atoms with E-state index in [9.17, 15) is 0 Å². The van der Waals surface area contributed by atoms with E-state index in [4.69, 9.17) is 22.1 Å². The summed E-state index contributed by atoms with van der Waals surface area (Å²) in [6, 6.07) is 7.45. The molecule has 2 N–H and O–H groups in total. The van der Waals surface area contributed by atoms with Crippen molar-refractivity contribution in [2.75, 3.05) is 5.73 Å². The summed E-state index contributed by atoms with van der Waals surface area (Å²) in [6.45, 7) is 2.08. The first-order valence-corrected chi connectivity index (χ1v) is 6.64. The molecule has 2 aromatic rings. The molecule has 0 spiro atoms. The lowest BCUT2D eigenvalue weighted by Crippen LogP contribution is -1.95. The van der Waals surface area contributed by atoms with Crippen LogP contribution in [0.2, 0.25) is 5.02 Å². The van der Waals surface area contributed by atoms with Crippen LogP contribution >= 0.6 is 27.5 Å². The first-order chi connectivity index (χ1) is 8.60. The largest absolute Gasteiger partial charge is 0.436 e. The molecule has 1 aromatic carbocycles. The van der Waals surface area contributed by atoms with E-state index in [0.29, 0.717) is 26.8 Å². The summed E-state index contributed by atoms with van der Waals surface area (Å²) in [5.74, 6) is 1.03. The number of nitrogens with zero attached hydrogens (tertiary/aromatic N) is 1. The molecule has 3 nitrogen and oxygen atoms in total. The summed E-state index contributed by atoms with van der Waals surface area (Å²) in [5, 5.41) is 0.545. The van der Waals surface area contributed by atoms with Crippen LogP contribution in [0, 0.1) is 0 Å². The highest BCUT2D eigenvalue weighted by Gasteiger charge is 2.08. The van der Waals surface area contributed by atoms with E-state index in [-0.39, 0.29) is 0 Å². The SMILES string of the molecule is CCc1ccc(Oc2ncc(Cl)cc2Br)c(N)c1. The number of pyridine rings is 1. The van der Waals surface area contributed by atoms with Crippen molar-refractivity contribution in [1.29, 1.82) is 0 Å². The molecule has 5 heteroatoms. The number of anilines is 1. The van der Waals surface area contributed by atoms with Crippen molar-refractivity contribution in [3.8, 4) is 11.6 Å². The highest BCUT2D eigenvalue weighted by molar-refractivity contribution is 9.10. The van der Waals surface area contributed by atoms with E-state index < -0.39 is 0 Å². The molecule has 0 radical (unpaired) electrons. The Bertz CT molecular complexity index is 575. The lowest BCUT2D eigenvalue weighted by molar-refractivity contribution is 0.462. The second kappa shape index (κ2) is 5.59. The third-order valence-corrected chi connectivity index (χ3v) is 3.24. The summed E-state index contributed by atoms with van der Waals surface area (Å²) in [4.78, 5) is 4.10. The number of nitrogen functional groups attached to an aromatic ring is 1. The van der Waals surface area contributed by atoms with Gasteiger partial charge in [0.15, 0.2) is 5.75 Å². The molecule has 0 fully saturated rings. The first-order valence-electron chi connectivity index (χ1n) is 5.47. The number of rotatable bonds is 3. The highest BCUT2D eigenvalue weighted by Crippen LogP contribution is 2.32. The lowest BCUT2D eigenvalue weighted by atomic mass is 10.1. The van der Waals surface area contributed by atoms with Gasteiger partial charge in [-0.05, 0) is 46.1 Å². The van der Waals surface area contributed by atoms with Crippen molar-refractivity contribution in [2.45, 2.75) is 13.3 Å². The number of nitrogens with two attached hydrogens (primary N) is 1. The molecular formula is C13H12BrClN2O. The van der Waals surface area contributed by atoms with Gasteiger partial charge in [0.25, 0.3) is 0 Å². The molecule has 0 atom stereocenters. The Kier molecular flexibility index (Phi) is 4.09. The van der Waals surface area contributed by atoms with Gasteiger partial charge in [-0.2, -0.15) is 0 Å². The molecule has 0 amide bonds. The van der Waals surface area contributed by atoms with Crippen LogP contribution in [0.1, 0.15) is 12.5 Å². The van der Waals surface area contributed by atoms with Crippen molar-refractivity contribution >= 4 is 33.2 Å². The summed E-state index contributed by atoms with van der Waals surface area (Å²) >= 11 is 9.16. The molecule has 0 unspecified atom stereocenters. The zero-order valence-electron chi connectivity index (χ0n) is 9.78. The van der Waals surface area contributed by atoms with Crippen molar-refractivity contribution < 1.29 is 4.74 Å². The highest BCUT2D eigenvalue weighted by atomic mass is 79.9. The third kappa shape index (κ3) is 2.94. The summed E-state index contributed by atoms with van der Waals surface area (Å²) in [5.41, 5.74) is 7.70. The fourth-order valence-electron chi connectivity index (χ4n) is 1.49. The van der Waals surface area contributed by atoms with Gasteiger partial charge in [0.05, 0.1) is 15.2 Å². The van der Waals surface area contributed by atoms with Gasteiger partial charge in [0.2, 0.25) is 5.88 Å². The molecule has 0 aliphatic heterocycles. The number of halogens is 2. The van der Waals surface area contributed by atoms with Crippen LogP contribution in [0.25, 0.3) is 0 Å². The molecule has 0 aliphatic carbocycles. The maximum atomic E-state index is 5.93. The predicted molar refractivity (Wildman–Crippen MR) is 77.3 cm³/mol. The van der Waals surface area contributed by atoms with Crippen LogP contribution < -0.4 is 10.5 Å². The third-order valence-electron chi connectivity index (χ3n) is 2.46. The smallest absolute Gasteiger partial charge is 0.233 e. The Morgan fingerprint density at radius 1 is 1.39 bits per heavy atom. The van der Waals surface area contributed by atoms with Gasteiger partial charge in [-0.25, -0.2) is 4.98 Å². The number of hydrogen-bond donors (Lipinski definition) is 1. The summed E-state index contributed by atoms with van der Waals surface area (Å²) in [6.07, 6.45) is 2.46. The summed E-state index contributed by atoms with van der Waals surface area (Å²) < 4.78 is 6.34. The van der Waals surface area contributed by atoms with Gasteiger partial charge >= 0.3 is 0 Å². The normalized spacial score (nSPS) is 10.4. The maximum Gasteiger partial charge on any atom is 0.233 e. The van der Waals surface area contributed by atoms with Gasteiger partial charge in [0, 0.05) is 6.20 Å². The van der Waals surface area contributed by atoms with Crippen LogP contribution in [-0.2, 0) is 6.42 Å². The van der Waals surface area contributed by atoms with Crippen molar-refractivity contribution in [2.24, 2.45) is 0 Å². The van der Waals surface area contributed by atoms with Crippen LogP contribution in [0.3, 0.4) is 0 Å². The number of benzene rings is 1. The van der Waals surface area contributed by atoms with Gasteiger partial charge in [-0.15, -0.1) is 0 Å². The quantitative estimate of drug-likeness (QED) is 0.848. The van der Waals surface area contributed by atoms with Crippen LogP contribution in [0.4, 0.5) is 5.69 Å². The lowest BCUT2D eigenvalue weighted by Gasteiger charge is -2.10. The molecule has 0 bridgehead atoms. The zero-order chi connectivity index (χ0) is 13.1. The molecule has 0 saturated heterocycles. The van der Waals surface area contributed by atoms with E-state index >= 15 is 0 Å². The Labute approximate surface area is 119 Å². The Hall–Kier alpha value is -1.26.